The first-order valence-electron chi connectivity index (χ1n) is 9.98. The fraction of sp³-hybridized carbons (Fsp3) is 0.409. The summed E-state index contributed by atoms with van der Waals surface area (Å²) in [5, 5.41) is 12.4. The largest absolute Gasteiger partial charge is 0.373 e. The molecule has 0 amide bonds. The first-order valence-corrected chi connectivity index (χ1v) is 9.98. The number of aromatic nitrogens is 2. The van der Waals surface area contributed by atoms with Crippen LogP contribution < -0.4 is 10.7 Å². The van der Waals surface area contributed by atoms with Gasteiger partial charge in [0, 0.05) is 13.1 Å². The molecule has 1 fully saturated rings. The minimum absolute atomic E-state index is 0.309. The van der Waals surface area contributed by atoms with E-state index < -0.39 is 12.0 Å². The predicted octanol–water partition coefficient (Wildman–Crippen LogP) is 3.43. The maximum absolute atomic E-state index is 13.8. The Labute approximate surface area is 163 Å². The molecule has 1 aliphatic rings. The Balaban J connectivity index is 1.60. The lowest BCUT2D eigenvalue weighted by Crippen LogP contribution is -2.47. The fourth-order valence-electron chi connectivity index (χ4n) is 4.19. The van der Waals surface area contributed by atoms with Gasteiger partial charge in [-0.05, 0) is 55.4 Å². The highest BCUT2D eigenvalue weighted by Crippen LogP contribution is 2.24. The Bertz CT molecular complexity index is 1000. The van der Waals surface area contributed by atoms with Crippen molar-refractivity contribution in [3.05, 3.63) is 70.4 Å². The summed E-state index contributed by atoms with van der Waals surface area (Å²) < 4.78 is 16.7. The van der Waals surface area contributed by atoms with Crippen LogP contribution in [0.5, 0.6) is 0 Å². The van der Waals surface area contributed by atoms with Gasteiger partial charge in [0.05, 0.1) is 11.0 Å². The number of halogens is 1. The molecule has 1 aliphatic heterocycles. The third kappa shape index (κ3) is 3.44. The number of nitrogens with zero attached hydrogens (tertiary/aromatic N) is 3. The van der Waals surface area contributed by atoms with Crippen molar-refractivity contribution in [1.29, 1.82) is 0 Å². The van der Waals surface area contributed by atoms with Crippen molar-refractivity contribution >= 4 is 11.0 Å². The molecule has 2 aromatic carbocycles. The summed E-state index contributed by atoms with van der Waals surface area (Å²) in [5.74, 6) is 0.171. The summed E-state index contributed by atoms with van der Waals surface area (Å²) in [6, 6.07) is 14.8. The van der Waals surface area contributed by atoms with E-state index in [0.29, 0.717) is 23.4 Å². The van der Waals surface area contributed by atoms with Crippen LogP contribution in [-0.2, 0) is 6.42 Å². The summed E-state index contributed by atoms with van der Waals surface area (Å²) in [7, 11) is 0. The van der Waals surface area contributed by atoms with Crippen molar-refractivity contribution < 1.29 is 9.50 Å². The van der Waals surface area contributed by atoms with Crippen LogP contribution in [0.2, 0.25) is 0 Å². The van der Waals surface area contributed by atoms with Gasteiger partial charge in [0.25, 0.3) is 0 Å². The van der Waals surface area contributed by atoms with Crippen molar-refractivity contribution in [2.75, 3.05) is 18.1 Å². The van der Waals surface area contributed by atoms with Crippen molar-refractivity contribution in [3.63, 3.8) is 0 Å². The molecule has 148 valence electrons. The van der Waals surface area contributed by atoms with E-state index in [4.69, 9.17) is 0 Å². The van der Waals surface area contributed by atoms with Gasteiger partial charge in [-0.3, -0.25) is 4.57 Å². The van der Waals surface area contributed by atoms with Gasteiger partial charge >= 0.3 is 5.69 Å². The summed E-state index contributed by atoms with van der Waals surface area (Å²) >= 11 is 0. The van der Waals surface area contributed by atoms with Gasteiger partial charge in [-0.2, -0.15) is 0 Å². The molecular formula is C22H26FN3O2. The van der Waals surface area contributed by atoms with E-state index in [1.54, 1.807) is 17.7 Å². The van der Waals surface area contributed by atoms with Gasteiger partial charge < -0.3 is 10.1 Å². The molecule has 3 aromatic rings. The molecule has 1 saturated heterocycles. The lowest BCUT2D eigenvalue weighted by atomic mass is 9.91. The summed E-state index contributed by atoms with van der Waals surface area (Å²) in [6.07, 6.45) is 2.45. The van der Waals surface area contributed by atoms with E-state index in [1.165, 1.54) is 22.3 Å². The van der Waals surface area contributed by atoms with Crippen LogP contribution in [0.25, 0.3) is 11.0 Å². The van der Waals surface area contributed by atoms with E-state index in [9.17, 15) is 14.3 Å². The molecule has 6 heteroatoms. The average Bonchev–Trinajstić information content (AvgIpc) is 3.00. The zero-order valence-electron chi connectivity index (χ0n) is 16.1. The number of piperidine rings is 1. The highest BCUT2D eigenvalue weighted by atomic mass is 19.1. The van der Waals surface area contributed by atoms with E-state index in [1.807, 2.05) is 11.1 Å². The van der Waals surface area contributed by atoms with Crippen LogP contribution in [0, 0.1) is 11.7 Å². The van der Waals surface area contributed by atoms with Crippen LogP contribution in [-0.4, -0.2) is 27.4 Å². The van der Waals surface area contributed by atoms with Gasteiger partial charge in [-0.15, -0.1) is 0 Å². The monoisotopic (exact) mass is 383 g/mol. The highest BCUT2D eigenvalue weighted by molar-refractivity contribution is 5.76. The summed E-state index contributed by atoms with van der Waals surface area (Å²) in [5.41, 5.74) is 2.11. The van der Waals surface area contributed by atoms with Gasteiger partial charge in [-0.1, -0.05) is 37.3 Å². The van der Waals surface area contributed by atoms with Crippen LogP contribution in [0.1, 0.15) is 38.0 Å². The number of imidazole rings is 1. The Hall–Kier alpha value is -2.60. The molecular weight excluding hydrogens is 357 g/mol. The molecule has 1 atom stereocenters. The van der Waals surface area contributed by atoms with E-state index in [2.05, 4.69) is 24.3 Å². The molecule has 1 N–H and O–H groups in total. The molecule has 5 nitrogen and oxygen atoms in total. The van der Waals surface area contributed by atoms with Crippen molar-refractivity contribution in [2.24, 2.45) is 5.92 Å². The number of aliphatic hydroxyl groups excluding tert-OH is 1. The van der Waals surface area contributed by atoms with Gasteiger partial charge in [-0.25, -0.2) is 13.9 Å². The van der Waals surface area contributed by atoms with Gasteiger partial charge in [0.15, 0.2) is 0 Å². The zero-order valence-corrected chi connectivity index (χ0v) is 16.1. The first-order chi connectivity index (χ1) is 13.6. The predicted molar refractivity (Wildman–Crippen MR) is 109 cm³/mol. The quantitative estimate of drug-likeness (QED) is 0.734. The first kappa shape index (κ1) is 18.7. The molecule has 2 heterocycles. The minimum Gasteiger partial charge on any atom is -0.373 e. The number of hydrogen-bond acceptors (Lipinski definition) is 3. The summed E-state index contributed by atoms with van der Waals surface area (Å²) in [4.78, 5) is 13.1. The second-order valence-corrected chi connectivity index (χ2v) is 7.57. The molecule has 4 rings (SSSR count). The Morgan fingerprint density at radius 1 is 1.11 bits per heavy atom. The van der Waals surface area contributed by atoms with Crippen molar-refractivity contribution in [2.45, 2.75) is 38.8 Å². The minimum atomic E-state index is -0.964. The average molecular weight is 383 g/mol. The molecule has 1 aromatic heterocycles. The molecule has 0 radical (unpaired) electrons. The topological polar surface area (TPSA) is 50.4 Å². The lowest BCUT2D eigenvalue weighted by Gasteiger charge is -2.34. The number of aliphatic hydroxyl groups is 1. The molecule has 0 bridgehead atoms. The molecule has 0 aliphatic carbocycles. The van der Waals surface area contributed by atoms with Crippen LogP contribution in [0.4, 0.5) is 4.39 Å². The lowest BCUT2D eigenvalue weighted by molar-refractivity contribution is 0.0996. The van der Waals surface area contributed by atoms with Crippen LogP contribution >= 0.6 is 0 Å². The third-order valence-electron chi connectivity index (χ3n) is 5.72. The molecule has 28 heavy (non-hydrogen) atoms. The van der Waals surface area contributed by atoms with Gasteiger partial charge in [0.2, 0.25) is 0 Å². The van der Waals surface area contributed by atoms with Gasteiger partial charge in [0.1, 0.15) is 12.0 Å². The zero-order chi connectivity index (χ0) is 19.7. The highest BCUT2D eigenvalue weighted by Gasteiger charge is 2.25. The van der Waals surface area contributed by atoms with Crippen LogP contribution in [0.15, 0.2) is 53.3 Å². The molecule has 0 saturated carbocycles. The van der Waals surface area contributed by atoms with E-state index >= 15 is 0 Å². The van der Waals surface area contributed by atoms with E-state index in [0.717, 1.165) is 32.4 Å². The smallest absolute Gasteiger partial charge is 0.350 e. The maximum atomic E-state index is 13.8. The maximum Gasteiger partial charge on any atom is 0.350 e. The van der Waals surface area contributed by atoms with E-state index in [-0.39, 0.29) is 5.69 Å². The molecule has 1 unspecified atom stereocenters. The number of rotatable bonds is 5. The number of benzene rings is 2. The SMILES string of the molecule is CCC(O)n1c(=O)n(N2CCC(Cc3ccccc3)CC2)c2ccc(F)cc21. The second-order valence-electron chi connectivity index (χ2n) is 7.57. The Kier molecular flexibility index (Phi) is 5.22. The molecule has 0 spiro atoms. The number of hydrogen-bond donors (Lipinski definition) is 1. The summed E-state index contributed by atoms with van der Waals surface area (Å²) in [6.45, 7) is 3.32. The Morgan fingerprint density at radius 2 is 1.82 bits per heavy atom. The third-order valence-corrected chi connectivity index (χ3v) is 5.72. The number of fused-ring (bicyclic) bond motifs is 1. The normalized spacial score (nSPS) is 16.6. The standard InChI is InChI=1S/C22H26FN3O2/c1-2-21(27)25-20-15-18(23)8-9-19(20)26(22(25)28)24-12-10-17(11-13-24)14-16-6-4-3-5-7-16/h3-9,15,17,21,27H,2,10-14H2,1H3. The Morgan fingerprint density at radius 3 is 2.50 bits per heavy atom. The van der Waals surface area contributed by atoms with Crippen LogP contribution in [0.3, 0.4) is 0 Å². The van der Waals surface area contributed by atoms with Crippen molar-refractivity contribution in [3.8, 4) is 0 Å². The second kappa shape index (κ2) is 7.80. The van der Waals surface area contributed by atoms with Crippen molar-refractivity contribution in [1.82, 2.24) is 9.24 Å². The fourth-order valence-corrected chi connectivity index (χ4v) is 4.19.